The van der Waals surface area contributed by atoms with Gasteiger partial charge in [-0.2, -0.15) is 0 Å². The van der Waals surface area contributed by atoms with Crippen molar-refractivity contribution in [3.63, 3.8) is 0 Å². The summed E-state index contributed by atoms with van der Waals surface area (Å²) in [6.45, 7) is 6.50. The van der Waals surface area contributed by atoms with Gasteiger partial charge in [0.1, 0.15) is 0 Å². The van der Waals surface area contributed by atoms with E-state index in [1.165, 1.54) is 5.56 Å². The first-order chi connectivity index (χ1) is 7.61. The molecule has 0 aliphatic heterocycles. The fourth-order valence-corrected chi connectivity index (χ4v) is 1.24. The second kappa shape index (κ2) is 6.11. The van der Waals surface area contributed by atoms with E-state index in [2.05, 4.69) is 37.9 Å². The Kier molecular flexibility index (Phi) is 4.77. The highest BCUT2D eigenvalue weighted by molar-refractivity contribution is 5.58. The van der Waals surface area contributed by atoms with Crippen molar-refractivity contribution in [2.24, 2.45) is 13.0 Å². The first kappa shape index (κ1) is 12.5. The fourth-order valence-electron chi connectivity index (χ4n) is 1.24. The lowest BCUT2D eigenvalue weighted by molar-refractivity contribution is 0.737. The van der Waals surface area contributed by atoms with Gasteiger partial charge >= 0.3 is 0 Å². The lowest BCUT2D eigenvalue weighted by Crippen LogP contribution is -1.87. The van der Waals surface area contributed by atoms with E-state index in [1.54, 1.807) is 0 Å². The minimum atomic E-state index is 0.833. The summed E-state index contributed by atoms with van der Waals surface area (Å²) in [6.07, 6.45) is 3.68. The SMILES string of the molecule is CC(C)C.Cn1cncc1-c1ccccc1. The van der Waals surface area contributed by atoms with Gasteiger partial charge in [0.05, 0.1) is 18.2 Å². The summed E-state index contributed by atoms with van der Waals surface area (Å²) in [6, 6.07) is 10.2. The molecule has 0 aliphatic rings. The van der Waals surface area contributed by atoms with Crippen molar-refractivity contribution in [3.8, 4) is 11.3 Å². The fraction of sp³-hybridized carbons (Fsp3) is 0.357. The van der Waals surface area contributed by atoms with Crippen LogP contribution in [0, 0.1) is 5.92 Å². The molecular formula is C14H20N2. The Morgan fingerprint density at radius 3 is 2.06 bits per heavy atom. The number of imidazole rings is 1. The van der Waals surface area contributed by atoms with Crippen molar-refractivity contribution in [1.82, 2.24) is 9.55 Å². The van der Waals surface area contributed by atoms with E-state index in [9.17, 15) is 0 Å². The van der Waals surface area contributed by atoms with Gasteiger partial charge in [0, 0.05) is 7.05 Å². The number of aryl methyl sites for hydroxylation is 1. The summed E-state index contributed by atoms with van der Waals surface area (Å²) >= 11 is 0. The van der Waals surface area contributed by atoms with Crippen LogP contribution in [0.1, 0.15) is 20.8 Å². The first-order valence-electron chi connectivity index (χ1n) is 5.63. The largest absolute Gasteiger partial charge is 0.334 e. The standard InChI is InChI=1S/C10H10N2.C4H10/c1-12-8-11-7-10(12)9-5-3-2-4-6-9;1-4(2)3/h2-8H,1H3;4H,1-3H3. The lowest BCUT2D eigenvalue weighted by atomic mass is 10.2. The molecule has 0 aliphatic carbocycles. The van der Waals surface area contributed by atoms with Crippen LogP contribution in [-0.2, 0) is 7.05 Å². The van der Waals surface area contributed by atoms with Crippen molar-refractivity contribution in [3.05, 3.63) is 42.9 Å². The molecule has 86 valence electrons. The smallest absolute Gasteiger partial charge is 0.0948 e. The van der Waals surface area contributed by atoms with Crippen LogP contribution in [-0.4, -0.2) is 9.55 Å². The highest BCUT2D eigenvalue weighted by atomic mass is 15.0. The maximum absolute atomic E-state index is 4.06. The van der Waals surface area contributed by atoms with E-state index >= 15 is 0 Å². The second-order valence-electron chi connectivity index (χ2n) is 4.49. The molecule has 0 amide bonds. The predicted molar refractivity (Wildman–Crippen MR) is 69.2 cm³/mol. The summed E-state index contributed by atoms with van der Waals surface area (Å²) < 4.78 is 2.01. The Morgan fingerprint density at radius 2 is 1.62 bits per heavy atom. The maximum Gasteiger partial charge on any atom is 0.0948 e. The molecule has 1 aromatic carbocycles. The monoisotopic (exact) mass is 216 g/mol. The van der Waals surface area contributed by atoms with Crippen LogP contribution in [0.3, 0.4) is 0 Å². The molecule has 0 radical (unpaired) electrons. The van der Waals surface area contributed by atoms with Gasteiger partial charge in [-0.05, 0) is 11.5 Å². The number of hydrogen-bond acceptors (Lipinski definition) is 1. The van der Waals surface area contributed by atoms with Gasteiger partial charge in [-0.15, -0.1) is 0 Å². The van der Waals surface area contributed by atoms with Crippen LogP contribution in [0.25, 0.3) is 11.3 Å². The Labute approximate surface area is 98.0 Å². The van der Waals surface area contributed by atoms with E-state index in [0.717, 1.165) is 11.6 Å². The molecule has 0 fully saturated rings. The molecule has 16 heavy (non-hydrogen) atoms. The summed E-state index contributed by atoms with van der Waals surface area (Å²) in [4.78, 5) is 4.06. The molecule has 2 nitrogen and oxygen atoms in total. The van der Waals surface area contributed by atoms with Gasteiger partial charge in [-0.25, -0.2) is 4.98 Å². The third-order valence-electron chi connectivity index (χ3n) is 1.89. The van der Waals surface area contributed by atoms with Crippen LogP contribution in [0.5, 0.6) is 0 Å². The Balaban J connectivity index is 0.000000280. The van der Waals surface area contributed by atoms with E-state index in [0.29, 0.717) is 0 Å². The number of rotatable bonds is 1. The Hall–Kier alpha value is -1.57. The molecule has 2 heteroatoms. The molecule has 0 atom stereocenters. The Bertz CT molecular complexity index is 399. The maximum atomic E-state index is 4.06. The van der Waals surface area contributed by atoms with Crippen molar-refractivity contribution in [1.29, 1.82) is 0 Å². The van der Waals surface area contributed by atoms with Gasteiger partial charge in [-0.1, -0.05) is 51.1 Å². The van der Waals surface area contributed by atoms with Gasteiger partial charge in [0.2, 0.25) is 0 Å². The van der Waals surface area contributed by atoms with E-state index in [-0.39, 0.29) is 0 Å². The summed E-state index contributed by atoms with van der Waals surface area (Å²) in [7, 11) is 2.00. The minimum absolute atomic E-state index is 0.833. The zero-order valence-corrected chi connectivity index (χ0v) is 10.5. The van der Waals surface area contributed by atoms with Crippen LogP contribution >= 0.6 is 0 Å². The molecule has 0 spiro atoms. The molecule has 1 aromatic heterocycles. The first-order valence-corrected chi connectivity index (χ1v) is 5.63. The molecule has 1 heterocycles. The molecule has 2 aromatic rings. The number of hydrogen-bond donors (Lipinski definition) is 0. The van der Waals surface area contributed by atoms with Gasteiger partial charge in [0.15, 0.2) is 0 Å². The quantitative estimate of drug-likeness (QED) is 0.710. The van der Waals surface area contributed by atoms with Crippen LogP contribution in [0.4, 0.5) is 0 Å². The zero-order valence-electron chi connectivity index (χ0n) is 10.5. The molecule has 0 saturated heterocycles. The van der Waals surface area contributed by atoms with Gasteiger partial charge in [0.25, 0.3) is 0 Å². The molecular weight excluding hydrogens is 196 g/mol. The molecule has 0 saturated carbocycles. The number of aromatic nitrogens is 2. The second-order valence-corrected chi connectivity index (χ2v) is 4.49. The normalized spacial score (nSPS) is 9.81. The summed E-state index contributed by atoms with van der Waals surface area (Å²) in [5, 5.41) is 0. The predicted octanol–water partition coefficient (Wildman–Crippen LogP) is 3.75. The molecule has 0 N–H and O–H groups in total. The third kappa shape index (κ3) is 3.89. The van der Waals surface area contributed by atoms with E-state index < -0.39 is 0 Å². The van der Waals surface area contributed by atoms with Crippen LogP contribution in [0.15, 0.2) is 42.9 Å². The van der Waals surface area contributed by atoms with Gasteiger partial charge < -0.3 is 4.57 Å². The van der Waals surface area contributed by atoms with Crippen LogP contribution < -0.4 is 0 Å². The highest BCUT2D eigenvalue weighted by Crippen LogP contribution is 2.16. The number of nitrogens with zero attached hydrogens (tertiary/aromatic N) is 2. The highest BCUT2D eigenvalue weighted by Gasteiger charge is 1.98. The minimum Gasteiger partial charge on any atom is -0.334 e. The molecule has 0 unspecified atom stereocenters. The number of benzene rings is 1. The average molecular weight is 216 g/mol. The average Bonchev–Trinajstić information content (AvgIpc) is 2.65. The van der Waals surface area contributed by atoms with Crippen LogP contribution in [0.2, 0.25) is 0 Å². The molecule has 2 rings (SSSR count). The molecule has 0 bridgehead atoms. The zero-order chi connectivity index (χ0) is 12.0. The van der Waals surface area contributed by atoms with Crippen molar-refractivity contribution in [2.75, 3.05) is 0 Å². The lowest BCUT2D eigenvalue weighted by Gasteiger charge is -2.00. The van der Waals surface area contributed by atoms with E-state index in [4.69, 9.17) is 0 Å². The third-order valence-corrected chi connectivity index (χ3v) is 1.89. The Morgan fingerprint density at radius 1 is 1.06 bits per heavy atom. The summed E-state index contributed by atoms with van der Waals surface area (Å²) in [5.41, 5.74) is 2.35. The van der Waals surface area contributed by atoms with E-state index in [1.807, 2.05) is 42.3 Å². The van der Waals surface area contributed by atoms with Gasteiger partial charge in [-0.3, -0.25) is 0 Å². The summed E-state index contributed by atoms with van der Waals surface area (Å²) in [5.74, 6) is 0.833. The van der Waals surface area contributed by atoms with Crippen molar-refractivity contribution < 1.29 is 0 Å². The van der Waals surface area contributed by atoms with Crippen molar-refractivity contribution >= 4 is 0 Å². The van der Waals surface area contributed by atoms with Crippen molar-refractivity contribution in [2.45, 2.75) is 20.8 Å². The topological polar surface area (TPSA) is 17.8 Å².